The smallest absolute Gasteiger partial charge is 0.404 e. The molecule has 146 valence electrons. The summed E-state index contributed by atoms with van der Waals surface area (Å²) < 4.78 is 42.6. The molecule has 0 amide bonds. The second-order valence-electron chi connectivity index (χ2n) is 6.28. The van der Waals surface area contributed by atoms with Crippen molar-refractivity contribution in [1.29, 1.82) is 0 Å². The quantitative estimate of drug-likeness (QED) is 0.606. The summed E-state index contributed by atoms with van der Waals surface area (Å²) in [4.78, 5) is 19.9. The minimum Gasteiger partial charge on any atom is -0.404 e. The zero-order chi connectivity index (χ0) is 19.8. The molecule has 1 aromatic carbocycles. The Bertz CT molecular complexity index is 818. The molecule has 1 aliphatic carbocycles. The summed E-state index contributed by atoms with van der Waals surface area (Å²) in [5.41, 5.74) is 9.99. The first-order chi connectivity index (χ1) is 12.6. The average molecular weight is 386 g/mol. The van der Waals surface area contributed by atoms with Crippen molar-refractivity contribution in [2.45, 2.75) is 44.1 Å². The highest BCUT2D eigenvalue weighted by molar-refractivity contribution is 6.06. The number of nitro benzene ring substituents is 1. The molecule has 1 spiro atoms. The minimum absolute atomic E-state index is 0.0885. The Hall–Kier alpha value is -3.05. The molecule has 2 aliphatic rings. The second kappa shape index (κ2) is 6.59. The van der Waals surface area contributed by atoms with E-state index in [9.17, 15) is 23.3 Å². The Labute approximate surface area is 151 Å². The zero-order valence-electron chi connectivity index (χ0n) is 14.1. The standard InChI is InChI=1S/C15H17F3N6O3/c16-15(17,18)27-11-5-4-9(24(25)26)8-10(11)23-13(20)21-12(19)22-14(23)6-2-1-3-7-14/h4-5,8H,1-3,6-7H2,(H4,19,20,21,22). The van der Waals surface area contributed by atoms with Crippen LogP contribution in [0.3, 0.4) is 0 Å². The van der Waals surface area contributed by atoms with Crippen molar-refractivity contribution < 1.29 is 22.8 Å². The summed E-state index contributed by atoms with van der Waals surface area (Å²) in [6.45, 7) is 0. The summed E-state index contributed by atoms with van der Waals surface area (Å²) >= 11 is 0. The predicted octanol–water partition coefficient (Wildman–Crippen LogP) is 2.60. The van der Waals surface area contributed by atoms with Gasteiger partial charge in [0, 0.05) is 12.1 Å². The third-order valence-electron chi connectivity index (χ3n) is 4.47. The topological polar surface area (TPSA) is 132 Å². The van der Waals surface area contributed by atoms with Gasteiger partial charge in [-0.1, -0.05) is 6.42 Å². The van der Waals surface area contributed by atoms with E-state index in [0.717, 1.165) is 37.5 Å². The number of halogens is 3. The number of hydrogen-bond donors (Lipinski definition) is 2. The lowest BCUT2D eigenvalue weighted by atomic mass is 9.87. The lowest BCUT2D eigenvalue weighted by Crippen LogP contribution is -2.58. The van der Waals surface area contributed by atoms with Crippen molar-refractivity contribution in [2.75, 3.05) is 4.90 Å². The first kappa shape index (κ1) is 18.7. The highest BCUT2D eigenvalue weighted by Crippen LogP contribution is 2.44. The van der Waals surface area contributed by atoms with E-state index in [1.807, 2.05) is 0 Å². The van der Waals surface area contributed by atoms with E-state index in [2.05, 4.69) is 14.7 Å². The van der Waals surface area contributed by atoms with Crippen molar-refractivity contribution in [1.82, 2.24) is 0 Å². The highest BCUT2D eigenvalue weighted by atomic mass is 19.4. The van der Waals surface area contributed by atoms with E-state index in [4.69, 9.17) is 11.5 Å². The van der Waals surface area contributed by atoms with Gasteiger partial charge < -0.3 is 16.2 Å². The van der Waals surface area contributed by atoms with Gasteiger partial charge in [-0.15, -0.1) is 13.2 Å². The third-order valence-corrected chi connectivity index (χ3v) is 4.47. The molecule has 1 aromatic rings. The normalized spacial score (nSPS) is 19.4. The maximum absolute atomic E-state index is 12.9. The fraction of sp³-hybridized carbons (Fsp3) is 0.467. The number of aliphatic imine (C=N–C) groups is 2. The highest BCUT2D eigenvalue weighted by Gasteiger charge is 2.45. The van der Waals surface area contributed by atoms with Crippen molar-refractivity contribution in [2.24, 2.45) is 21.5 Å². The van der Waals surface area contributed by atoms with Gasteiger partial charge in [0.05, 0.1) is 10.6 Å². The molecule has 9 nitrogen and oxygen atoms in total. The van der Waals surface area contributed by atoms with Gasteiger partial charge in [0.2, 0.25) is 11.9 Å². The summed E-state index contributed by atoms with van der Waals surface area (Å²) in [5.74, 6) is -0.918. The van der Waals surface area contributed by atoms with Gasteiger partial charge >= 0.3 is 6.36 Å². The molecule has 12 heteroatoms. The number of nitrogens with zero attached hydrogens (tertiary/aromatic N) is 4. The van der Waals surface area contributed by atoms with Gasteiger partial charge in [0.1, 0.15) is 5.66 Å². The molecular weight excluding hydrogens is 369 g/mol. The molecule has 1 saturated carbocycles. The summed E-state index contributed by atoms with van der Waals surface area (Å²) in [5, 5.41) is 11.1. The van der Waals surface area contributed by atoms with Crippen molar-refractivity contribution in [3.05, 3.63) is 28.3 Å². The molecule has 0 aromatic heterocycles. The Morgan fingerprint density at radius 1 is 1.22 bits per heavy atom. The molecule has 0 bridgehead atoms. The Morgan fingerprint density at radius 2 is 1.89 bits per heavy atom. The van der Waals surface area contributed by atoms with Crippen LogP contribution in [0, 0.1) is 10.1 Å². The zero-order valence-corrected chi connectivity index (χ0v) is 14.1. The molecule has 0 saturated heterocycles. The van der Waals surface area contributed by atoms with Crippen LogP contribution in [0.25, 0.3) is 0 Å². The van der Waals surface area contributed by atoms with Crippen LogP contribution in [0.1, 0.15) is 32.1 Å². The fourth-order valence-corrected chi connectivity index (χ4v) is 3.47. The summed E-state index contributed by atoms with van der Waals surface area (Å²) in [6, 6.07) is 2.77. The molecule has 0 unspecified atom stereocenters. The number of alkyl halides is 3. The number of hydrogen-bond acceptors (Lipinski definition) is 8. The molecule has 0 atom stereocenters. The molecule has 0 radical (unpaired) electrons. The van der Waals surface area contributed by atoms with Crippen LogP contribution in [-0.2, 0) is 0 Å². The number of rotatable bonds is 3. The number of nitro groups is 1. The van der Waals surface area contributed by atoms with Crippen LogP contribution in [0.5, 0.6) is 5.75 Å². The SMILES string of the molecule is NC1=NC2(CCCCC2)N(c2cc([N+](=O)[O-])ccc2OC(F)(F)F)C(N)=N1. The minimum atomic E-state index is -4.99. The number of benzene rings is 1. The van der Waals surface area contributed by atoms with Crippen molar-refractivity contribution in [3.8, 4) is 5.75 Å². The number of ether oxygens (including phenoxy) is 1. The van der Waals surface area contributed by atoms with Gasteiger partial charge in [-0.3, -0.25) is 15.0 Å². The number of nitrogens with two attached hydrogens (primary N) is 2. The van der Waals surface area contributed by atoms with Crippen LogP contribution in [0.4, 0.5) is 24.5 Å². The van der Waals surface area contributed by atoms with Crippen LogP contribution in [0.2, 0.25) is 0 Å². The number of anilines is 1. The summed E-state index contributed by atoms with van der Waals surface area (Å²) in [7, 11) is 0. The number of non-ortho nitro benzene ring substituents is 1. The maximum atomic E-state index is 12.9. The molecular formula is C15H17F3N6O3. The lowest BCUT2D eigenvalue weighted by molar-refractivity contribution is -0.384. The van der Waals surface area contributed by atoms with Crippen LogP contribution < -0.4 is 21.1 Å². The van der Waals surface area contributed by atoms with E-state index in [-0.39, 0.29) is 17.6 Å². The van der Waals surface area contributed by atoms with E-state index >= 15 is 0 Å². The maximum Gasteiger partial charge on any atom is 0.573 e. The average Bonchev–Trinajstić information content (AvgIpc) is 2.54. The van der Waals surface area contributed by atoms with E-state index < -0.39 is 28.4 Å². The molecule has 1 heterocycles. The van der Waals surface area contributed by atoms with Crippen molar-refractivity contribution >= 4 is 23.3 Å². The van der Waals surface area contributed by atoms with Gasteiger partial charge in [0.15, 0.2) is 5.75 Å². The Balaban J connectivity index is 2.17. The van der Waals surface area contributed by atoms with Crippen LogP contribution in [-0.4, -0.2) is 28.9 Å². The lowest BCUT2D eigenvalue weighted by Gasteiger charge is -2.45. The molecule has 27 heavy (non-hydrogen) atoms. The molecule has 4 N–H and O–H groups in total. The molecule has 3 rings (SSSR count). The Morgan fingerprint density at radius 3 is 2.48 bits per heavy atom. The van der Waals surface area contributed by atoms with E-state index in [0.29, 0.717) is 12.8 Å². The first-order valence-electron chi connectivity index (χ1n) is 8.15. The van der Waals surface area contributed by atoms with E-state index in [1.165, 1.54) is 4.90 Å². The second-order valence-corrected chi connectivity index (χ2v) is 6.28. The Kier molecular flexibility index (Phi) is 4.57. The molecule has 1 aliphatic heterocycles. The summed E-state index contributed by atoms with van der Waals surface area (Å²) in [6.07, 6.45) is -1.68. The molecule has 1 fully saturated rings. The van der Waals surface area contributed by atoms with Crippen LogP contribution >= 0.6 is 0 Å². The van der Waals surface area contributed by atoms with Crippen LogP contribution in [0.15, 0.2) is 28.2 Å². The van der Waals surface area contributed by atoms with Gasteiger partial charge in [0.25, 0.3) is 5.69 Å². The van der Waals surface area contributed by atoms with Gasteiger partial charge in [-0.05, 0) is 31.7 Å². The third kappa shape index (κ3) is 3.73. The van der Waals surface area contributed by atoms with Gasteiger partial charge in [-0.2, -0.15) is 4.99 Å². The monoisotopic (exact) mass is 386 g/mol. The fourth-order valence-electron chi connectivity index (χ4n) is 3.47. The predicted molar refractivity (Wildman–Crippen MR) is 91.3 cm³/mol. The largest absolute Gasteiger partial charge is 0.573 e. The van der Waals surface area contributed by atoms with Crippen molar-refractivity contribution in [3.63, 3.8) is 0 Å². The number of guanidine groups is 2. The first-order valence-corrected chi connectivity index (χ1v) is 8.15. The van der Waals surface area contributed by atoms with Gasteiger partial charge in [-0.25, -0.2) is 4.99 Å². The van der Waals surface area contributed by atoms with E-state index in [1.54, 1.807) is 0 Å².